The maximum Gasteiger partial charge on any atom is 0.262 e. The maximum atomic E-state index is 12.8. The average molecular weight is 322 g/mol. The second kappa shape index (κ2) is 5.21. The summed E-state index contributed by atoms with van der Waals surface area (Å²) < 4.78 is 7.84. The Bertz CT molecular complexity index is 1100. The average Bonchev–Trinajstić information content (AvgIpc) is 2.99. The maximum absolute atomic E-state index is 12.8. The molecule has 4 nitrogen and oxygen atoms in total. The van der Waals surface area contributed by atoms with Crippen molar-refractivity contribution in [2.45, 2.75) is 13.0 Å². The zero-order valence-electron chi connectivity index (χ0n) is 12.4. The summed E-state index contributed by atoms with van der Waals surface area (Å²) in [5.41, 5.74) is 1.44. The fourth-order valence-electron chi connectivity index (χ4n) is 2.86. The standard InChI is InChI=1S/C18H14N2O2S/c1-11(16-10-12-6-2-5-9-15(12)22-16)20-17(21)13-7-3-4-8-14(13)19-18(20)23/h2-11H,1H3,(H,19,23)/t11-/m1/s1. The largest absolute Gasteiger partial charge is 0.459 e. The molecule has 0 bridgehead atoms. The molecule has 0 fully saturated rings. The molecule has 0 aliphatic heterocycles. The van der Waals surface area contributed by atoms with Gasteiger partial charge in [-0.2, -0.15) is 0 Å². The molecule has 114 valence electrons. The lowest BCUT2D eigenvalue weighted by molar-refractivity contribution is 0.459. The van der Waals surface area contributed by atoms with Crippen LogP contribution in [0, 0.1) is 4.77 Å². The van der Waals surface area contributed by atoms with Crippen LogP contribution in [-0.2, 0) is 0 Å². The van der Waals surface area contributed by atoms with Crippen molar-refractivity contribution in [1.29, 1.82) is 0 Å². The summed E-state index contributed by atoms with van der Waals surface area (Å²) in [5.74, 6) is 0.711. The predicted octanol–water partition coefficient (Wildman–Crippen LogP) is 4.41. The molecule has 1 N–H and O–H groups in total. The van der Waals surface area contributed by atoms with Crippen LogP contribution in [0.4, 0.5) is 0 Å². The van der Waals surface area contributed by atoms with E-state index in [0.717, 1.165) is 16.5 Å². The fourth-order valence-corrected chi connectivity index (χ4v) is 3.21. The van der Waals surface area contributed by atoms with Gasteiger partial charge in [0.15, 0.2) is 4.77 Å². The Balaban J connectivity index is 1.94. The number of nitrogens with one attached hydrogen (secondary N) is 1. The number of aromatic amines is 1. The number of benzene rings is 2. The molecule has 23 heavy (non-hydrogen) atoms. The first-order chi connectivity index (χ1) is 11.1. The summed E-state index contributed by atoms with van der Waals surface area (Å²) in [7, 11) is 0. The molecule has 0 aliphatic carbocycles. The number of aromatic nitrogens is 2. The molecule has 2 aromatic heterocycles. The van der Waals surface area contributed by atoms with Gasteiger partial charge in [0.1, 0.15) is 11.3 Å². The van der Waals surface area contributed by atoms with Crippen molar-refractivity contribution < 1.29 is 4.42 Å². The first-order valence-electron chi connectivity index (χ1n) is 7.37. The number of fused-ring (bicyclic) bond motifs is 2. The Hall–Kier alpha value is -2.66. The Morgan fingerprint density at radius 2 is 1.87 bits per heavy atom. The molecule has 0 radical (unpaired) electrons. The van der Waals surface area contributed by atoms with Crippen LogP contribution in [0.3, 0.4) is 0 Å². The lowest BCUT2D eigenvalue weighted by Gasteiger charge is -2.13. The van der Waals surface area contributed by atoms with E-state index in [1.807, 2.05) is 55.5 Å². The monoisotopic (exact) mass is 322 g/mol. The smallest absolute Gasteiger partial charge is 0.262 e. The molecule has 4 aromatic rings. The van der Waals surface area contributed by atoms with E-state index >= 15 is 0 Å². The van der Waals surface area contributed by atoms with E-state index in [1.54, 1.807) is 10.6 Å². The highest BCUT2D eigenvalue weighted by Gasteiger charge is 2.17. The zero-order chi connectivity index (χ0) is 16.0. The number of H-pyrrole nitrogens is 1. The highest BCUT2D eigenvalue weighted by Crippen LogP contribution is 2.25. The van der Waals surface area contributed by atoms with Crippen LogP contribution >= 0.6 is 12.2 Å². The van der Waals surface area contributed by atoms with Crippen molar-refractivity contribution in [2.24, 2.45) is 0 Å². The van der Waals surface area contributed by atoms with Gasteiger partial charge >= 0.3 is 0 Å². The summed E-state index contributed by atoms with van der Waals surface area (Å²) in [5, 5.41) is 1.63. The second-order valence-corrected chi connectivity index (χ2v) is 5.90. The third-order valence-corrected chi connectivity index (χ3v) is 4.38. The third-order valence-electron chi connectivity index (χ3n) is 4.08. The minimum Gasteiger partial charge on any atom is -0.459 e. The van der Waals surface area contributed by atoms with Gasteiger partial charge in [-0.3, -0.25) is 9.36 Å². The SMILES string of the molecule is C[C@H](c1cc2ccccc2o1)n1c(=S)[nH]c2ccccc2c1=O. The molecule has 0 saturated carbocycles. The van der Waals surface area contributed by atoms with Gasteiger partial charge in [-0.1, -0.05) is 30.3 Å². The van der Waals surface area contributed by atoms with Gasteiger partial charge < -0.3 is 9.40 Å². The van der Waals surface area contributed by atoms with E-state index in [1.165, 1.54) is 0 Å². The molecule has 0 unspecified atom stereocenters. The van der Waals surface area contributed by atoms with E-state index in [9.17, 15) is 4.79 Å². The van der Waals surface area contributed by atoms with E-state index in [4.69, 9.17) is 16.6 Å². The Morgan fingerprint density at radius 3 is 2.70 bits per heavy atom. The van der Waals surface area contributed by atoms with Gasteiger partial charge in [0.25, 0.3) is 5.56 Å². The number of nitrogens with zero attached hydrogens (tertiary/aromatic N) is 1. The molecule has 2 heterocycles. The van der Waals surface area contributed by atoms with Crippen LogP contribution in [0.2, 0.25) is 0 Å². The van der Waals surface area contributed by atoms with Crippen molar-refractivity contribution >= 4 is 34.1 Å². The highest BCUT2D eigenvalue weighted by atomic mass is 32.1. The minimum absolute atomic E-state index is 0.114. The quantitative estimate of drug-likeness (QED) is 0.556. The van der Waals surface area contributed by atoms with Crippen LogP contribution in [0.5, 0.6) is 0 Å². The Morgan fingerprint density at radius 1 is 1.13 bits per heavy atom. The molecule has 0 aliphatic rings. The summed E-state index contributed by atoms with van der Waals surface area (Å²) in [4.78, 5) is 15.9. The fraction of sp³-hybridized carbons (Fsp3) is 0.111. The van der Waals surface area contributed by atoms with Crippen LogP contribution in [0.1, 0.15) is 18.7 Å². The van der Waals surface area contributed by atoms with E-state index in [-0.39, 0.29) is 11.6 Å². The second-order valence-electron chi connectivity index (χ2n) is 5.51. The van der Waals surface area contributed by atoms with Gasteiger partial charge in [0, 0.05) is 5.39 Å². The predicted molar refractivity (Wildman–Crippen MR) is 93.4 cm³/mol. The number of hydrogen-bond donors (Lipinski definition) is 1. The number of rotatable bonds is 2. The Labute approximate surface area is 137 Å². The van der Waals surface area contributed by atoms with Crippen LogP contribution in [0.25, 0.3) is 21.9 Å². The highest BCUT2D eigenvalue weighted by molar-refractivity contribution is 7.71. The first kappa shape index (κ1) is 14.0. The van der Waals surface area contributed by atoms with E-state index in [2.05, 4.69) is 4.98 Å². The molecule has 0 spiro atoms. The lowest BCUT2D eigenvalue weighted by atomic mass is 10.2. The van der Waals surface area contributed by atoms with Crippen molar-refractivity contribution in [3.8, 4) is 0 Å². The first-order valence-corrected chi connectivity index (χ1v) is 7.78. The number of furan rings is 1. The van der Waals surface area contributed by atoms with E-state index < -0.39 is 0 Å². The Kier molecular flexibility index (Phi) is 3.16. The van der Waals surface area contributed by atoms with Crippen molar-refractivity contribution in [2.75, 3.05) is 0 Å². The van der Waals surface area contributed by atoms with E-state index in [0.29, 0.717) is 15.9 Å². The molecular weight excluding hydrogens is 308 g/mol. The van der Waals surface area contributed by atoms with Gasteiger partial charge in [-0.15, -0.1) is 0 Å². The summed E-state index contributed by atoms with van der Waals surface area (Å²) in [6, 6.07) is 16.8. The van der Waals surface area contributed by atoms with Gasteiger partial charge in [0.05, 0.1) is 16.9 Å². The molecule has 0 saturated heterocycles. The van der Waals surface area contributed by atoms with Crippen LogP contribution in [-0.4, -0.2) is 9.55 Å². The lowest BCUT2D eigenvalue weighted by Crippen LogP contribution is -2.25. The summed E-state index contributed by atoms with van der Waals surface area (Å²) in [6.45, 7) is 1.91. The van der Waals surface area contributed by atoms with Crippen molar-refractivity contribution in [3.05, 3.63) is 75.5 Å². The summed E-state index contributed by atoms with van der Waals surface area (Å²) >= 11 is 5.39. The summed E-state index contributed by atoms with van der Waals surface area (Å²) in [6.07, 6.45) is 0. The molecule has 2 aromatic carbocycles. The molecule has 1 atom stereocenters. The normalized spacial score (nSPS) is 12.7. The van der Waals surface area contributed by atoms with Gasteiger partial charge in [-0.05, 0) is 43.4 Å². The zero-order valence-corrected chi connectivity index (χ0v) is 13.3. The van der Waals surface area contributed by atoms with Crippen LogP contribution < -0.4 is 5.56 Å². The number of hydrogen-bond acceptors (Lipinski definition) is 3. The van der Waals surface area contributed by atoms with Crippen molar-refractivity contribution in [3.63, 3.8) is 0 Å². The van der Waals surface area contributed by atoms with Crippen LogP contribution in [0.15, 0.2) is 63.8 Å². The van der Waals surface area contributed by atoms with Gasteiger partial charge in [-0.25, -0.2) is 0 Å². The van der Waals surface area contributed by atoms with Crippen molar-refractivity contribution in [1.82, 2.24) is 9.55 Å². The molecule has 4 rings (SSSR count). The molecule has 5 heteroatoms. The molecular formula is C18H14N2O2S. The minimum atomic E-state index is -0.289. The number of para-hydroxylation sites is 2. The third kappa shape index (κ3) is 2.21. The van der Waals surface area contributed by atoms with Gasteiger partial charge in [0.2, 0.25) is 0 Å². The molecule has 0 amide bonds. The topological polar surface area (TPSA) is 50.9 Å².